The molecule has 1 amide bonds. The number of nitrogens with one attached hydrogen (secondary N) is 2. The first-order valence-corrected chi connectivity index (χ1v) is 7.40. The van der Waals surface area contributed by atoms with Gasteiger partial charge in [0.2, 0.25) is 0 Å². The summed E-state index contributed by atoms with van der Waals surface area (Å²) in [4.78, 5) is 23.1. The topological polar surface area (TPSA) is 90.5 Å². The molecule has 0 aromatic heterocycles. The first kappa shape index (κ1) is 17.4. The number of hydrogen-bond donors (Lipinski definition) is 2. The van der Waals surface area contributed by atoms with Crippen LogP contribution in [0.3, 0.4) is 0 Å². The van der Waals surface area contributed by atoms with Crippen molar-refractivity contribution in [3.8, 4) is 5.75 Å². The smallest absolute Gasteiger partial charge is 0.257 e. The van der Waals surface area contributed by atoms with Crippen LogP contribution in [0.25, 0.3) is 0 Å². The fourth-order valence-corrected chi connectivity index (χ4v) is 2.18. The molecule has 0 radical (unpaired) electrons. The zero-order valence-electron chi connectivity index (χ0n) is 13.1. The van der Waals surface area contributed by atoms with E-state index in [9.17, 15) is 14.7 Å². The van der Waals surface area contributed by atoms with Gasteiger partial charge in [0.15, 0.2) is 5.11 Å². The van der Waals surface area contributed by atoms with Crippen molar-refractivity contribution in [2.24, 2.45) is 0 Å². The lowest BCUT2D eigenvalue weighted by atomic mass is 10.1. The van der Waals surface area contributed by atoms with Crippen molar-refractivity contribution < 1.29 is 19.4 Å². The third-order valence-corrected chi connectivity index (χ3v) is 3.48. The van der Waals surface area contributed by atoms with Crippen molar-refractivity contribution in [3.63, 3.8) is 0 Å². The number of carboxylic acids is 1. The molecule has 2 aromatic rings. The Bertz CT molecular complexity index is 805. The van der Waals surface area contributed by atoms with E-state index < -0.39 is 11.9 Å². The van der Waals surface area contributed by atoms with Crippen LogP contribution < -0.4 is 20.5 Å². The number of carbonyl (C=O) groups excluding carboxylic acids is 2. The number of ether oxygens (including phenoxy) is 1. The minimum Gasteiger partial charge on any atom is -0.545 e. The molecular formula is C17H15N2O4S-. The number of carboxylic acid groups (broad SMARTS) is 1. The number of benzene rings is 2. The van der Waals surface area contributed by atoms with Gasteiger partial charge in [-0.2, -0.15) is 0 Å². The molecule has 0 atom stereocenters. The molecule has 0 saturated carbocycles. The van der Waals surface area contributed by atoms with Gasteiger partial charge in [0.25, 0.3) is 5.91 Å². The molecule has 0 spiro atoms. The number of amides is 1. The Morgan fingerprint density at radius 2 is 1.88 bits per heavy atom. The highest BCUT2D eigenvalue weighted by Crippen LogP contribution is 2.17. The van der Waals surface area contributed by atoms with E-state index in [1.165, 1.54) is 19.2 Å². The highest BCUT2D eigenvalue weighted by molar-refractivity contribution is 7.80. The zero-order valence-corrected chi connectivity index (χ0v) is 13.9. The molecular weight excluding hydrogens is 328 g/mol. The average Bonchev–Trinajstić information content (AvgIpc) is 2.56. The van der Waals surface area contributed by atoms with Crippen LogP contribution in [-0.2, 0) is 0 Å². The van der Waals surface area contributed by atoms with Crippen molar-refractivity contribution in [1.29, 1.82) is 0 Å². The van der Waals surface area contributed by atoms with Gasteiger partial charge in [-0.25, -0.2) is 0 Å². The fourth-order valence-electron chi connectivity index (χ4n) is 1.98. The summed E-state index contributed by atoms with van der Waals surface area (Å²) in [5, 5.41) is 16.3. The first-order chi connectivity index (χ1) is 11.4. The number of thiocarbonyl (C=S) groups is 1. The monoisotopic (exact) mass is 343 g/mol. The van der Waals surface area contributed by atoms with Gasteiger partial charge in [0, 0.05) is 11.3 Å². The van der Waals surface area contributed by atoms with Crippen LogP contribution in [0.2, 0.25) is 0 Å². The molecule has 124 valence electrons. The van der Waals surface area contributed by atoms with Gasteiger partial charge in [-0.15, -0.1) is 0 Å². The molecule has 0 saturated heterocycles. The van der Waals surface area contributed by atoms with Crippen LogP contribution in [0.1, 0.15) is 26.3 Å². The molecule has 2 rings (SSSR count). The molecule has 7 heteroatoms. The average molecular weight is 343 g/mol. The lowest BCUT2D eigenvalue weighted by Crippen LogP contribution is -2.34. The Morgan fingerprint density at radius 3 is 2.54 bits per heavy atom. The molecule has 2 aromatic carbocycles. The summed E-state index contributed by atoms with van der Waals surface area (Å²) in [6, 6.07) is 11.1. The number of anilines is 1. The maximum absolute atomic E-state index is 12.2. The predicted octanol–water partition coefficient (Wildman–Crippen LogP) is 1.49. The third-order valence-electron chi connectivity index (χ3n) is 3.28. The van der Waals surface area contributed by atoms with Gasteiger partial charge in [0.05, 0.1) is 13.1 Å². The maximum atomic E-state index is 12.2. The molecule has 6 nitrogen and oxygen atoms in total. The Morgan fingerprint density at radius 1 is 1.12 bits per heavy atom. The summed E-state index contributed by atoms with van der Waals surface area (Å²) in [5.41, 5.74) is 1.66. The number of aromatic carboxylic acids is 1. The van der Waals surface area contributed by atoms with Gasteiger partial charge in [-0.3, -0.25) is 10.1 Å². The summed E-state index contributed by atoms with van der Waals surface area (Å²) in [7, 11) is 1.51. The minimum atomic E-state index is -1.29. The summed E-state index contributed by atoms with van der Waals surface area (Å²) in [6.07, 6.45) is 0. The SMILES string of the molecule is COc1cccc(C(=O)NC(=S)Nc2cc(C(=O)[O-])ccc2C)c1. The molecule has 0 aliphatic rings. The summed E-state index contributed by atoms with van der Waals surface area (Å²) in [5.74, 6) is -1.14. The van der Waals surface area contributed by atoms with E-state index in [0.717, 1.165) is 5.56 Å². The van der Waals surface area contributed by atoms with Crippen molar-refractivity contribution in [1.82, 2.24) is 5.32 Å². The van der Waals surface area contributed by atoms with E-state index in [4.69, 9.17) is 17.0 Å². The van der Waals surface area contributed by atoms with E-state index in [-0.39, 0.29) is 10.7 Å². The Balaban J connectivity index is 2.09. The number of methoxy groups -OCH3 is 1. The summed E-state index contributed by atoms with van der Waals surface area (Å²) >= 11 is 5.10. The number of hydrogen-bond acceptors (Lipinski definition) is 5. The molecule has 0 aliphatic heterocycles. The predicted molar refractivity (Wildman–Crippen MR) is 92.2 cm³/mol. The second-order valence-electron chi connectivity index (χ2n) is 4.96. The Hall–Kier alpha value is -2.93. The van der Waals surface area contributed by atoms with Crippen molar-refractivity contribution in [2.45, 2.75) is 6.92 Å². The standard InChI is InChI=1S/C17H16N2O4S/c1-10-6-7-12(16(21)22)9-14(10)18-17(24)19-15(20)11-4-3-5-13(8-11)23-2/h3-9H,1-2H3,(H,21,22)(H2,18,19,20,24)/p-1. The van der Waals surface area contributed by atoms with Gasteiger partial charge in [-0.1, -0.05) is 18.2 Å². The van der Waals surface area contributed by atoms with Gasteiger partial charge < -0.3 is 20.0 Å². The van der Waals surface area contributed by atoms with Crippen LogP contribution in [0.5, 0.6) is 5.75 Å². The molecule has 0 unspecified atom stereocenters. The summed E-state index contributed by atoms with van der Waals surface area (Å²) in [6.45, 7) is 1.79. The van der Waals surface area contributed by atoms with E-state index in [1.54, 1.807) is 37.3 Å². The van der Waals surface area contributed by atoms with Crippen LogP contribution in [0.15, 0.2) is 42.5 Å². The van der Waals surface area contributed by atoms with Crippen molar-refractivity contribution in [3.05, 3.63) is 59.2 Å². The van der Waals surface area contributed by atoms with Gasteiger partial charge in [0.1, 0.15) is 5.75 Å². The molecule has 0 aliphatic carbocycles. The molecule has 0 fully saturated rings. The summed E-state index contributed by atoms with van der Waals surface area (Å²) < 4.78 is 5.07. The molecule has 24 heavy (non-hydrogen) atoms. The second kappa shape index (κ2) is 7.56. The number of carbonyl (C=O) groups is 2. The third kappa shape index (κ3) is 4.30. The number of aryl methyl sites for hydroxylation is 1. The van der Waals surface area contributed by atoms with Crippen LogP contribution >= 0.6 is 12.2 Å². The lowest BCUT2D eigenvalue weighted by Gasteiger charge is -2.14. The largest absolute Gasteiger partial charge is 0.545 e. The van der Waals surface area contributed by atoms with Crippen LogP contribution in [-0.4, -0.2) is 24.1 Å². The van der Waals surface area contributed by atoms with Gasteiger partial charge >= 0.3 is 0 Å². The van der Waals surface area contributed by atoms with Crippen molar-refractivity contribution >= 4 is 34.9 Å². The van der Waals surface area contributed by atoms with Crippen molar-refractivity contribution in [2.75, 3.05) is 12.4 Å². The number of rotatable bonds is 4. The van der Waals surface area contributed by atoms with E-state index in [2.05, 4.69) is 10.6 Å². The van der Waals surface area contributed by atoms with Gasteiger partial charge in [-0.05, 0) is 54.5 Å². The normalized spacial score (nSPS) is 9.92. The maximum Gasteiger partial charge on any atom is 0.257 e. The highest BCUT2D eigenvalue weighted by atomic mass is 32.1. The minimum absolute atomic E-state index is 0.0185. The van der Waals surface area contributed by atoms with Crippen LogP contribution in [0, 0.1) is 6.92 Å². The van der Waals surface area contributed by atoms with E-state index >= 15 is 0 Å². The molecule has 0 heterocycles. The highest BCUT2D eigenvalue weighted by Gasteiger charge is 2.10. The quantitative estimate of drug-likeness (QED) is 0.818. The Kier molecular flexibility index (Phi) is 5.49. The van der Waals surface area contributed by atoms with E-state index in [0.29, 0.717) is 17.0 Å². The second-order valence-corrected chi connectivity index (χ2v) is 5.37. The van der Waals surface area contributed by atoms with E-state index in [1.807, 2.05) is 0 Å². The Labute approximate surface area is 144 Å². The fraction of sp³-hybridized carbons (Fsp3) is 0.118. The zero-order chi connectivity index (χ0) is 17.7. The van der Waals surface area contributed by atoms with Crippen LogP contribution in [0.4, 0.5) is 5.69 Å². The molecule has 2 N–H and O–H groups in total. The molecule has 0 bridgehead atoms. The first-order valence-electron chi connectivity index (χ1n) is 6.99. The lowest BCUT2D eigenvalue weighted by molar-refractivity contribution is -0.255.